The molecular weight excluding hydrogens is 272 g/mol. The van der Waals surface area contributed by atoms with Gasteiger partial charge < -0.3 is 15.7 Å². The third-order valence-corrected chi connectivity index (χ3v) is 4.08. The summed E-state index contributed by atoms with van der Waals surface area (Å²) in [6.45, 7) is 4.12. The topological polar surface area (TPSA) is 95.5 Å². The van der Waals surface area contributed by atoms with Gasteiger partial charge >= 0.3 is 5.97 Å². The van der Waals surface area contributed by atoms with Crippen LogP contribution in [0.1, 0.15) is 58.8 Å². The molecular formula is C15H26N2O4. The van der Waals surface area contributed by atoms with E-state index in [0.29, 0.717) is 19.4 Å². The first-order valence-electron chi connectivity index (χ1n) is 7.72. The normalized spacial score (nSPS) is 18.6. The van der Waals surface area contributed by atoms with Gasteiger partial charge in [-0.2, -0.15) is 0 Å². The van der Waals surface area contributed by atoms with Crippen LogP contribution in [0, 0.1) is 5.41 Å². The van der Waals surface area contributed by atoms with Crippen LogP contribution in [0.3, 0.4) is 0 Å². The third kappa shape index (κ3) is 5.02. The van der Waals surface area contributed by atoms with E-state index in [1.807, 2.05) is 6.92 Å². The highest BCUT2D eigenvalue weighted by molar-refractivity contribution is 5.89. The van der Waals surface area contributed by atoms with Crippen LogP contribution in [0.15, 0.2) is 0 Å². The van der Waals surface area contributed by atoms with Crippen molar-refractivity contribution in [1.29, 1.82) is 0 Å². The fraction of sp³-hybridized carbons (Fsp3) is 0.800. The Morgan fingerprint density at radius 2 is 1.81 bits per heavy atom. The van der Waals surface area contributed by atoms with Crippen molar-refractivity contribution in [2.75, 3.05) is 6.54 Å². The van der Waals surface area contributed by atoms with Crippen molar-refractivity contribution in [2.24, 2.45) is 5.41 Å². The summed E-state index contributed by atoms with van der Waals surface area (Å²) in [4.78, 5) is 35.3. The van der Waals surface area contributed by atoms with E-state index in [9.17, 15) is 19.5 Å². The maximum atomic E-state index is 12.1. The molecule has 0 bridgehead atoms. The van der Waals surface area contributed by atoms with Gasteiger partial charge in [0.25, 0.3) is 0 Å². The standard InChI is InChI=1S/C15H26N2O4/c1-3-9-16-13(19)11(2)17-12(18)10-15(14(20)21)7-5-4-6-8-15/h11H,3-10H2,1-2H3,(H,16,19)(H,17,18)(H,20,21). The Hall–Kier alpha value is -1.59. The molecule has 0 aliphatic heterocycles. The van der Waals surface area contributed by atoms with Gasteiger partial charge in [0.2, 0.25) is 11.8 Å². The predicted molar refractivity (Wildman–Crippen MR) is 78.7 cm³/mol. The second-order valence-corrected chi connectivity index (χ2v) is 5.90. The van der Waals surface area contributed by atoms with E-state index in [2.05, 4.69) is 10.6 Å². The lowest BCUT2D eigenvalue weighted by Crippen LogP contribution is -2.47. The average molecular weight is 298 g/mol. The zero-order valence-electron chi connectivity index (χ0n) is 12.9. The van der Waals surface area contributed by atoms with Crippen molar-refractivity contribution in [2.45, 2.75) is 64.8 Å². The number of amides is 2. The van der Waals surface area contributed by atoms with Gasteiger partial charge in [-0.05, 0) is 26.2 Å². The van der Waals surface area contributed by atoms with Crippen LogP contribution < -0.4 is 10.6 Å². The first kappa shape index (κ1) is 17.5. The summed E-state index contributed by atoms with van der Waals surface area (Å²) in [5.41, 5.74) is -0.956. The summed E-state index contributed by atoms with van der Waals surface area (Å²) in [5, 5.41) is 14.7. The van der Waals surface area contributed by atoms with Gasteiger partial charge in [-0.3, -0.25) is 14.4 Å². The number of hydrogen-bond donors (Lipinski definition) is 3. The molecule has 6 heteroatoms. The van der Waals surface area contributed by atoms with Crippen LogP contribution >= 0.6 is 0 Å². The summed E-state index contributed by atoms with van der Waals surface area (Å²) in [6, 6.07) is -0.640. The highest BCUT2D eigenvalue weighted by atomic mass is 16.4. The molecule has 1 unspecified atom stereocenters. The van der Waals surface area contributed by atoms with Gasteiger partial charge in [-0.25, -0.2) is 0 Å². The lowest BCUT2D eigenvalue weighted by Gasteiger charge is -2.32. The van der Waals surface area contributed by atoms with Crippen molar-refractivity contribution in [1.82, 2.24) is 10.6 Å². The first-order chi connectivity index (χ1) is 9.91. The first-order valence-corrected chi connectivity index (χ1v) is 7.72. The summed E-state index contributed by atoms with van der Waals surface area (Å²) in [6.07, 6.45) is 4.55. The molecule has 0 spiro atoms. The van der Waals surface area contributed by atoms with Crippen molar-refractivity contribution >= 4 is 17.8 Å². The largest absolute Gasteiger partial charge is 0.481 e. The zero-order chi connectivity index (χ0) is 15.9. The highest BCUT2D eigenvalue weighted by Gasteiger charge is 2.41. The molecule has 2 amide bonds. The summed E-state index contributed by atoms with van der Waals surface area (Å²) >= 11 is 0. The highest BCUT2D eigenvalue weighted by Crippen LogP contribution is 2.39. The fourth-order valence-electron chi connectivity index (χ4n) is 2.76. The van der Waals surface area contributed by atoms with Gasteiger partial charge in [0, 0.05) is 13.0 Å². The van der Waals surface area contributed by atoms with Crippen molar-refractivity contribution in [3.8, 4) is 0 Å². The molecule has 1 atom stereocenters. The van der Waals surface area contributed by atoms with Crippen LogP contribution in [-0.2, 0) is 14.4 Å². The number of rotatable bonds is 7. The Morgan fingerprint density at radius 3 is 2.33 bits per heavy atom. The molecule has 0 aromatic carbocycles. The number of aliphatic carboxylic acids is 1. The molecule has 1 fully saturated rings. The van der Waals surface area contributed by atoms with E-state index in [0.717, 1.165) is 25.7 Å². The second-order valence-electron chi connectivity index (χ2n) is 5.90. The molecule has 0 heterocycles. The molecule has 120 valence electrons. The molecule has 1 aliphatic rings. The Balaban J connectivity index is 2.54. The van der Waals surface area contributed by atoms with Crippen LogP contribution in [-0.4, -0.2) is 35.5 Å². The Bertz CT molecular complexity index is 389. The van der Waals surface area contributed by atoms with Crippen molar-refractivity contribution in [3.05, 3.63) is 0 Å². The number of hydrogen-bond acceptors (Lipinski definition) is 3. The lowest BCUT2D eigenvalue weighted by molar-refractivity contribution is -0.154. The molecule has 21 heavy (non-hydrogen) atoms. The van der Waals surface area contributed by atoms with Crippen LogP contribution in [0.25, 0.3) is 0 Å². The van der Waals surface area contributed by atoms with Crippen molar-refractivity contribution in [3.63, 3.8) is 0 Å². The molecule has 0 aromatic heterocycles. The number of carbonyl (C=O) groups is 3. The summed E-state index contributed by atoms with van der Waals surface area (Å²) < 4.78 is 0. The minimum Gasteiger partial charge on any atom is -0.481 e. The van der Waals surface area contributed by atoms with E-state index in [1.54, 1.807) is 6.92 Å². The molecule has 6 nitrogen and oxygen atoms in total. The predicted octanol–water partition coefficient (Wildman–Crippen LogP) is 1.44. The summed E-state index contributed by atoms with van der Waals surface area (Å²) in [7, 11) is 0. The van der Waals surface area contributed by atoms with E-state index in [4.69, 9.17) is 0 Å². The smallest absolute Gasteiger partial charge is 0.310 e. The molecule has 0 radical (unpaired) electrons. The number of carboxylic acid groups (broad SMARTS) is 1. The Kier molecular flexibility index (Phi) is 6.65. The Labute approximate surface area is 125 Å². The monoisotopic (exact) mass is 298 g/mol. The number of carboxylic acids is 1. The van der Waals surface area contributed by atoms with E-state index in [1.165, 1.54) is 0 Å². The van der Waals surface area contributed by atoms with Gasteiger partial charge in [0.1, 0.15) is 6.04 Å². The van der Waals surface area contributed by atoms with Crippen LogP contribution in [0.2, 0.25) is 0 Å². The number of carbonyl (C=O) groups excluding carboxylic acids is 2. The minimum absolute atomic E-state index is 0.0479. The van der Waals surface area contributed by atoms with Crippen molar-refractivity contribution < 1.29 is 19.5 Å². The zero-order valence-corrected chi connectivity index (χ0v) is 12.9. The number of nitrogens with one attached hydrogen (secondary N) is 2. The van der Waals surface area contributed by atoms with Gasteiger partial charge in [-0.1, -0.05) is 26.2 Å². The molecule has 0 saturated heterocycles. The average Bonchev–Trinajstić information content (AvgIpc) is 2.45. The fourth-order valence-corrected chi connectivity index (χ4v) is 2.76. The molecule has 1 aliphatic carbocycles. The van der Waals surface area contributed by atoms with E-state index < -0.39 is 17.4 Å². The maximum Gasteiger partial charge on any atom is 0.310 e. The Morgan fingerprint density at radius 1 is 1.19 bits per heavy atom. The van der Waals surface area contributed by atoms with Gasteiger partial charge in [0.15, 0.2) is 0 Å². The second kappa shape index (κ2) is 8.00. The molecule has 3 N–H and O–H groups in total. The lowest BCUT2D eigenvalue weighted by atomic mass is 9.71. The van der Waals surface area contributed by atoms with E-state index in [-0.39, 0.29) is 18.2 Å². The molecule has 1 saturated carbocycles. The van der Waals surface area contributed by atoms with Crippen LogP contribution in [0.5, 0.6) is 0 Å². The maximum absolute atomic E-state index is 12.1. The SMILES string of the molecule is CCCNC(=O)C(C)NC(=O)CC1(C(=O)O)CCCCC1. The quantitative estimate of drug-likeness (QED) is 0.662. The third-order valence-electron chi connectivity index (χ3n) is 4.08. The van der Waals surface area contributed by atoms with Crippen LogP contribution in [0.4, 0.5) is 0 Å². The molecule has 0 aromatic rings. The minimum atomic E-state index is -0.956. The van der Waals surface area contributed by atoms with Gasteiger partial charge in [-0.15, -0.1) is 0 Å². The van der Waals surface area contributed by atoms with E-state index >= 15 is 0 Å². The molecule has 1 rings (SSSR count). The summed E-state index contributed by atoms with van der Waals surface area (Å²) in [5.74, 6) is -1.50. The van der Waals surface area contributed by atoms with Gasteiger partial charge in [0.05, 0.1) is 5.41 Å².